The summed E-state index contributed by atoms with van der Waals surface area (Å²) in [4.78, 5) is 0. The van der Waals surface area contributed by atoms with E-state index in [4.69, 9.17) is 0 Å². The Morgan fingerprint density at radius 1 is 0.926 bits per heavy atom. The maximum Gasteiger partial charge on any atom is 0.100 e. The van der Waals surface area contributed by atoms with Crippen LogP contribution in [-0.4, -0.2) is 16.5 Å². The van der Waals surface area contributed by atoms with Crippen LogP contribution in [0.3, 0.4) is 0 Å². The molecule has 0 atom stereocenters. The average Bonchev–Trinajstić information content (AvgIpc) is 2.94. The predicted octanol–water partition coefficient (Wildman–Crippen LogP) is 5.63. The lowest BCUT2D eigenvalue weighted by Crippen LogP contribution is -2.07. The zero-order chi connectivity index (χ0) is 19.2. The highest BCUT2D eigenvalue weighted by molar-refractivity contribution is 6.12. The van der Waals surface area contributed by atoms with Crippen molar-refractivity contribution >= 4 is 11.9 Å². The van der Waals surface area contributed by atoms with Gasteiger partial charge in [0.15, 0.2) is 0 Å². The maximum absolute atomic E-state index is 4.58. The van der Waals surface area contributed by atoms with Crippen LogP contribution in [0.4, 0.5) is 0 Å². The number of aryl methyl sites for hydroxylation is 1. The minimum absolute atomic E-state index is 0.611. The van der Waals surface area contributed by atoms with Crippen molar-refractivity contribution in [1.29, 1.82) is 0 Å². The van der Waals surface area contributed by atoms with E-state index in [0.29, 0.717) is 5.92 Å². The Bertz CT molecular complexity index is 891. The van der Waals surface area contributed by atoms with Gasteiger partial charge in [-0.15, -0.1) is 5.10 Å². The Labute approximate surface area is 162 Å². The largest absolute Gasteiger partial charge is 0.348 e. The summed E-state index contributed by atoms with van der Waals surface area (Å²) in [5.41, 5.74) is 6.62. The molecule has 0 aliphatic heterocycles. The highest BCUT2D eigenvalue weighted by Crippen LogP contribution is 2.16. The standard InChI is InChI=1S/C24H27N3/c1-18(2)17-27-19(3)15-23(20(27)4)16-25-26-24(21-11-7-5-8-12-21)22-13-9-6-10-14-22/h5-16,18H,17H2,1-4H3/b25-16-. The molecule has 0 radical (unpaired) electrons. The molecule has 0 fully saturated rings. The monoisotopic (exact) mass is 357 g/mol. The van der Waals surface area contributed by atoms with E-state index in [0.717, 1.165) is 28.9 Å². The summed E-state index contributed by atoms with van der Waals surface area (Å²) >= 11 is 0. The van der Waals surface area contributed by atoms with Crippen molar-refractivity contribution in [2.24, 2.45) is 16.1 Å². The van der Waals surface area contributed by atoms with Gasteiger partial charge in [-0.05, 0) is 25.8 Å². The second-order valence-corrected chi connectivity index (χ2v) is 7.26. The second kappa shape index (κ2) is 8.63. The Morgan fingerprint density at radius 2 is 1.48 bits per heavy atom. The topological polar surface area (TPSA) is 29.6 Å². The van der Waals surface area contributed by atoms with Gasteiger partial charge in [0.05, 0.1) is 6.21 Å². The summed E-state index contributed by atoms with van der Waals surface area (Å²) in [7, 11) is 0. The van der Waals surface area contributed by atoms with E-state index in [1.807, 2.05) is 42.6 Å². The van der Waals surface area contributed by atoms with Crippen molar-refractivity contribution in [3.05, 3.63) is 94.8 Å². The van der Waals surface area contributed by atoms with E-state index >= 15 is 0 Å². The highest BCUT2D eigenvalue weighted by Gasteiger charge is 2.09. The third kappa shape index (κ3) is 4.62. The van der Waals surface area contributed by atoms with Crippen LogP contribution in [-0.2, 0) is 6.54 Å². The van der Waals surface area contributed by atoms with Crippen molar-refractivity contribution in [3.63, 3.8) is 0 Å². The molecule has 3 rings (SSSR count). The molecule has 0 N–H and O–H groups in total. The highest BCUT2D eigenvalue weighted by atomic mass is 15.2. The second-order valence-electron chi connectivity index (χ2n) is 7.26. The van der Waals surface area contributed by atoms with Gasteiger partial charge in [-0.1, -0.05) is 74.5 Å². The molecule has 0 saturated heterocycles. The number of hydrogen-bond acceptors (Lipinski definition) is 2. The molecule has 1 aromatic heterocycles. The lowest BCUT2D eigenvalue weighted by molar-refractivity contribution is 0.509. The van der Waals surface area contributed by atoms with Gasteiger partial charge >= 0.3 is 0 Å². The van der Waals surface area contributed by atoms with Crippen LogP contribution in [0.15, 0.2) is 76.9 Å². The quantitative estimate of drug-likeness (QED) is 0.404. The van der Waals surface area contributed by atoms with Crippen molar-refractivity contribution in [1.82, 2.24) is 4.57 Å². The van der Waals surface area contributed by atoms with Crippen molar-refractivity contribution in [3.8, 4) is 0 Å². The number of nitrogens with zero attached hydrogens (tertiary/aromatic N) is 3. The van der Waals surface area contributed by atoms with Crippen molar-refractivity contribution in [2.45, 2.75) is 34.2 Å². The number of hydrogen-bond donors (Lipinski definition) is 0. The minimum Gasteiger partial charge on any atom is -0.348 e. The van der Waals surface area contributed by atoms with E-state index in [1.54, 1.807) is 0 Å². The first-order chi connectivity index (χ1) is 13.1. The Kier molecular flexibility index (Phi) is 6.02. The van der Waals surface area contributed by atoms with Crippen LogP contribution in [0.5, 0.6) is 0 Å². The smallest absolute Gasteiger partial charge is 0.100 e. The fourth-order valence-electron chi connectivity index (χ4n) is 3.23. The lowest BCUT2D eigenvalue weighted by Gasteiger charge is -2.11. The number of aromatic nitrogens is 1. The predicted molar refractivity (Wildman–Crippen MR) is 115 cm³/mol. The molecule has 3 nitrogen and oxygen atoms in total. The zero-order valence-corrected chi connectivity index (χ0v) is 16.6. The van der Waals surface area contributed by atoms with Gasteiger partial charge in [0.1, 0.15) is 5.71 Å². The number of rotatable bonds is 6. The van der Waals surface area contributed by atoms with Gasteiger partial charge in [-0.25, -0.2) is 0 Å². The van der Waals surface area contributed by atoms with Gasteiger partial charge in [0, 0.05) is 34.6 Å². The Hall–Kier alpha value is -2.94. The first-order valence-electron chi connectivity index (χ1n) is 9.45. The fourth-order valence-corrected chi connectivity index (χ4v) is 3.23. The molecule has 0 bridgehead atoms. The van der Waals surface area contributed by atoms with E-state index in [9.17, 15) is 0 Å². The van der Waals surface area contributed by atoms with E-state index < -0.39 is 0 Å². The van der Waals surface area contributed by atoms with E-state index in [2.05, 4.69) is 72.8 Å². The molecule has 0 aliphatic carbocycles. The SMILES string of the molecule is Cc1cc(/C=N\N=C(c2ccccc2)c2ccccc2)c(C)n1CC(C)C. The summed E-state index contributed by atoms with van der Waals surface area (Å²) in [6, 6.07) is 22.6. The van der Waals surface area contributed by atoms with Gasteiger partial charge < -0.3 is 4.57 Å². The van der Waals surface area contributed by atoms with Gasteiger partial charge in [0.2, 0.25) is 0 Å². The van der Waals surface area contributed by atoms with Crippen molar-refractivity contribution < 1.29 is 0 Å². The van der Waals surface area contributed by atoms with Crippen molar-refractivity contribution in [2.75, 3.05) is 0 Å². The van der Waals surface area contributed by atoms with Crippen LogP contribution < -0.4 is 0 Å². The van der Waals surface area contributed by atoms with Crippen LogP contribution in [0.25, 0.3) is 0 Å². The molecule has 2 aromatic carbocycles. The molecule has 0 saturated carbocycles. The van der Waals surface area contributed by atoms with Crippen LogP contribution in [0.1, 0.15) is 41.9 Å². The zero-order valence-electron chi connectivity index (χ0n) is 16.6. The summed E-state index contributed by atoms with van der Waals surface area (Å²) in [6.45, 7) is 9.80. The van der Waals surface area contributed by atoms with Gasteiger partial charge in [-0.2, -0.15) is 5.10 Å². The summed E-state index contributed by atoms with van der Waals surface area (Å²) in [5, 5.41) is 9.02. The molecule has 0 aliphatic rings. The molecule has 138 valence electrons. The summed E-state index contributed by atoms with van der Waals surface area (Å²) in [5.74, 6) is 0.611. The molecule has 3 heteroatoms. The molecule has 3 aromatic rings. The first kappa shape index (κ1) is 18.8. The van der Waals surface area contributed by atoms with Gasteiger partial charge in [-0.3, -0.25) is 0 Å². The normalized spacial score (nSPS) is 11.3. The third-order valence-electron chi connectivity index (χ3n) is 4.61. The molecule has 1 heterocycles. The average molecular weight is 358 g/mol. The van der Waals surface area contributed by atoms with Crippen LogP contribution in [0.2, 0.25) is 0 Å². The maximum atomic E-state index is 4.58. The van der Waals surface area contributed by atoms with Crippen LogP contribution in [0, 0.1) is 19.8 Å². The molecule has 0 unspecified atom stereocenters. The molecule has 27 heavy (non-hydrogen) atoms. The van der Waals surface area contributed by atoms with E-state index in [-0.39, 0.29) is 0 Å². The first-order valence-corrected chi connectivity index (χ1v) is 9.45. The minimum atomic E-state index is 0.611. The Morgan fingerprint density at radius 3 is 2.00 bits per heavy atom. The van der Waals surface area contributed by atoms with Gasteiger partial charge in [0.25, 0.3) is 0 Å². The Balaban J connectivity index is 1.94. The number of benzene rings is 2. The molecule has 0 spiro atoms. The third-order valence-corrected chi connectivity index (χ3v) is 4.61. The molecular weight excluding hydrogens is 330 g/mol. The molecular formula is C24H27N3. The summed E-state index contributed by atoms with van der Waals surface area (Å²) < 4.78 is 2.35. The van der Waals surface area contributed by atoms with E-state index in [1.165, 1.54) is 11.4 Å². The van der Waals surface area contributed by atoms with Crippen LogP contribution >= 0.6 is 0 Å². The molecule has 0 amide bonds. The lowest BCUT2D eigenvalue weighted by atomic mass is 10.0. The fraction of sp³-hybridized carbons (Fsp3) is 0.250. The summed E-state index contributed by atoms with van der Waals surface area (Å²) in [6.07, 6.45) is 1.87.